The zero-order valence-corrected chi connectivity index (χ0v) is 19.5. The highest BCUT2D eigenvalue weighted by Crippen LogP contribution is 2.18. The number of nitrogens with zero attached hydrogens (tertiary/aromatic N) is 7. The second-order valence-electron chi connectivity index (χ2n) is 9.60. The van der Waals surface area contributed by atoms with E-state index >= 15 is 0 Å². The monoisotopic (exact) mass is 444 g/mol. The number of hydrogen-bond donors (Lipinski definition) is 1. The van der Waals surface area contributed by atoms with Crippen molar-refractivity contribution < 1.29 is 9.53 Å². The number of hydrogen-bond acceptors (Lipinski definition) is 9. The van der Waals surface area contributed by atoms with Crippen molar-refractivity contribution in [3.05, 3.63) is 18.5 Å². The molecule has 0 saturated carbocycles. The number of carbonyl (C=O) groups is 1. The molecule has 2 fully saturated rings. The molecule has 0 aromatic carbocycles. The largest absolute Gasteiger partial charge is 0.444 e. The van der Waals surface area contributed by atoms with Crippen molar-refractivity contribution >= 4 is 18.0 Å². The lowest BCUT2D eigenvalue weighted by Gasteiger charge is -2.39. The average molecular weight is 445 g/mol. The minimum Gasteiger partial charge on any atom is -0.444 e. The highest BCUT2D eigenvalue weighted by Gasteiger charge is 2.36. The molecule has 10 heteroatoms. The lowest BCUT2D eigenvalue weighted by atomic mass is 10.2. The van der Waals surface area contributed by atoms with Gasteiger partial charge in [0.1, 0.15) is 5.60 Å². The Bertz CT molecular complexity index is 789. The summed E-state index contributed by atoms with van der Waals surface area (Å²) in [7, 11) is 0. The van der Waals surface area contributed by atoms with Gasteiger partial charge in [-0.1, -0.05) is 0 Å². The van der Waals surface area contributed by atoms with Crippen molar-refractivity contribution in [3.8, 4) is 0 Å². The fourth-order valence-corrected chi connectivity index (χ4v) is 4.35. The lowest BCUT2D eigenvalue weighted by Crippen LogP contribution is -2.57. The summed E-state index contributed by atoms with van der Waals surface area (Å²) in [4.78, 5) is 34.6. The normalized spacial score (nSPS) is 21.9. The summed E-state index contributed by atoms with van der Waals surface area (Å²) >= 11 is 0. The summed E-state index contributed by atoms with van der Waals surface area (Å²) in [6.07, 6.45) is 4.45. The number of carbonyl (C=O) groups excluding carboxylic acids is 1. The van der Waals surface area contributed by atoms with Gasteiger partial charge in [0.25, 0.3) is 0 Å². The first-order chi connectivity index (χ1) is 15.4. The van der Waals surface area contributed by atoms with Gasteiger partial charge in [-0.15, -0.1) is 0 Å². The quantitative estimate of drug-likeness (QED) is 0.670. The number of anilines is 1. The molecular weight excluding hydrogens is 408 g/mol. The van der Waals surface area contributed by atoms with Crippen LogP contribution in [0.3, 0.4) is 0 Å². The predicted molar refractivity (Wildman–Crippen MR) is 124 cm³/mol. The van der Waals surface area contributed by atoms with Crippen molar-refractivity contribution in [3.63, 3.8) is 0 Å². The zero-order valence-electron chi connectivity index (χ0n) is 19.5. The van der Waals surface area contributed by atoms with Gasteiger partial charge < -0.3 is 24.8 Å². The lowest BCUT2D eigenvalue weighted by molar-refractivity contribution is 0.0137. The summed E-state index contributed by atoms with van der Waals surface area (Å²) in [5.74, 6) is 1.80. The number of nitrogens with one attached hydrogen (secondary N) is 1. The Morgan fingerprint density at radius 2 is 1.88 bits per heavy atom. The number of rotatable bonds is 5. The molecule has 4 rings (SSSR count). The van der Waals surface area contributed by atoms with E-state index in [1.165, 1.54) is 0 Å². The van der Waals surface area contributed by atoms with Crippen molar-refractivity contribution in [2.24, 2.45) is 4.99 Å². The molecule has 3 aliphatic heterocycles. The van der Waals surface area contributed by atoms with E-state index in [-0.39, 0.29) is 12.1 Å². The van der Waals surface area contributed by atoms with Crippen molar-refractivity contribution in [1.82, 2.24) is 30.0 Å². The summed E-state index contributed by atoms with van der Waals surface area (Å²) in [5, 5.41) is 3.52. The number of fused-ring (bicyclic) bond motifs is 1. The zero-order chi connectivity index (χ0) is 22.6. The fourth-order valence-electron chi connectivity index (χ4n) is 4.35. The molecule has 1 atom stereocenters. The van der Waals surface area contributed by atoms with E-state index < -0.39 is 5.60 Å². The number of amides is 1. The van der Waals surface area contributed by atoms with Crippen LogP contribution in [0.4, 0.5) is 10.7 Å². The molecule has 4 heterocycles. The van der Waals surface area contributed by atoms with Crippen molar-refractivity contribution in [1.29, 1.82) is 0 Å². The van der Waals surface area contributed by atoms with E-state index in [0.29, 0.717) is 13.1 Å². The van der Waals surface area contributed by atoms with Gasteiger partial charge in [-0.25, -0.2) is 14.8 Å². The topological polar surface area (TPSA) is 89.4 Å². The SMILES string of the molecule is CC(C)(C)OC(=O)N1CCN2C(NCCCN3CCN(c4ncccn4)CC3)=NCC2C1. The van der Waals surface area contributed by atoms with E-state index in [2.05, 4.69) is 30.0 Å². The molecule has 10 nitrogen and oxygen atoms in total. The van der Waals surface area contributed by atoms with Crippen LogP contribution in [0.1, 0.15) is 27.2 Å². The summed E-state index contributed by atoms with van der Waals surface area (Å²) in [5.41, 5.74) is -0.463. The maximum atomic E-state index is 12.4. The highest BCUT2D eigenvalue weighted by atomic mass is 16.6. The van der Waals surface area contributed by atoms with E-state index in [1.807, 2.05) is 31.7 Å². The van der Waals surface area contributed by atoms with Crippen LogP contribution >= 0.6 is 0 Å². The molecule has 176 valence electrons. The van der Waals surface area contributed by atoms with Crippen LogP contribution in [0.2, 0.25) is 0 Å². The maximum Gasteiger partial charge on any atom is 0.410 e. The number of aliphatic imine (C=N–C) groups is 1. The Morgan fingerprint density at radius 3 is 2.59 bits per heavy atom. The van der Waals surface area contributed by atoms with Crippen molar-refractivity contribution in [2.45, 2.75) is 38.8 Å². The van der Waals surface area contributed by atoms with E-state index in [9.17, 15) is 4.79 Å². The van der Waals surface area contributed by atoms with Gasteiger partial charge in [-0.3, -0.25) is 9.89 Å². The van der Waals surface area contributed by atoms with Crippen LogP contribution in [0.5, 0.6) is 0 Å². The molecule has 1 unspecified atom stereocenters. The molecule has 0 aliphatic carbocycles. The number of piperazine rings is 2. The van der Waals surface area contributed by atoms with Crippen molar-refractivity contribution in [2.75, 3.05) is 70.3 Å². The molecule has 0 spiro atoms. The first-order valence-corrected chi connectivity index (χ1v) is 11.7. The molecule has 32 heavy (non-hydrogen) atoms. The summed E-state index contributed by atoms with van der Waals surface area (Å²) in [6, 6.07) is 2.09. The predicted octanol–water partition coefficient (Wildman–Crippen LogP) is 0.869. The molecule has 1 aromatic heterocycles. The third-order valence-electron chi connectivity index (χ3n) is 6.00. The second kappa shape index (κ2) is 9.89. The maximum absolute atomic E-state index is 12.4. The van der Waals surface area contributed by atoms with E-state index in [1.54, 1.807) is 12.4 Å². The minimum absolute atomic E-state index is 0.225. The molecular formula is C22H36N8O2. The molecule has 2 saturated heterocycles. The Labute approximate surface area is 190 Å². The fraction of sp³-hybridized carbons (Fsp3) is 0.727. The average Bonchev–Trinajstić information content (AvgIpc) is 3.19. The summed E-state index contributed by atoms with van der Waals surface area (Å²) < 4.78 is 5.52. The molecule has 1 N–H and O–H groups in total. The van der Waals surface area contributed by atoms with Gasteiger partial charge in [0.15, 0.2) is 5.96 Å². The molecule has 3 aliphatic rings. The second-order valence-corrected chi connectivity index (χ2v) is 9.60. The van der Waals surface area contributed by atoms with Crippen LogP contribution in [0, 0.1) is 0 Å². The van der Waals surface area contributed by atoms with Crippen LogP contribution in [0.15, 0.2) is 23.5 Å². The first-order valence-electron chi connectivity index (χ1n) is 11.7. The number of guanidine groups is 1. The Balaban J connectivity index is 1.13. The Hall–Kier alpha value is -2.62. The Morgan fingerprint density at radius 1 is 1.12 bits per heavy atom. The van der Waals surface area contributed by atoms with Gasteiger partial charge in [0, 0.05) is 64.8 Å². The van der Waals surface area contributed by atoms with Crippen LogP contribution in [0.25, 0.3) is 0 Å². The first kappa shape index (κ1) is 22.6. The third kappa shape index (κ3) is 5.79. The molecule has 0 radical (unpaired) electrons. The van der Waals surface area contributed by atoms with Gasteiger partial charge >= 0.3 is 6.09 Å². The molecule has 1 aromatic rings. The highest BCUT2D eigenvalue weighted by molar-refractivity contribution is 5.82. The van der Waals surface area contributed by atoms with Crippen LogP contribution < -0.4 is 10.2 Å². The third-order valence-corrected chi connectivity index (χ3v) is 6.00. The molecule has 1 amide bonds. The number of aromatic nitrogens is 2. The van der Waals surface area contributed by atoms with Gasteiger partial charge in [-0.05, 0) is 39.8 Å². The summed E-state index contributed by atoms with van der Waals surface area (Å²) in [6.45, 7) is 14.5. The van der Waals surface area contributed by atoms with Crippen LogP contribution in [-0.2, 0) is 4.74 Å². The standard InChI is InChI=1S/C22H36N8O2/c1-22(2,3)32-21(31)29-14-15-30-18(17-29)16-26-20(30)25-8-5-9-27-10-12-28(13-11-27)19-23-6-4-7-24-19/h4,6-7,18H,5,8-17H2,1-3H3,(H,25,26). The minimum atomic E-state index is -0.463. The Kier molecular flexibility index (Phi) is 6.98. The van der Waals surface area contributed by atoms with Gasteiger partial charge in [-0.2, -0.15) is 0 Å². The van der Waals surface area contributed by atoms with Crippen LogP contribution in [-0.4, -0.2) is 114 Å². The van der Waals surface area contributed by atoms with Gasteiger partial charge in [0.05, 0.1) is 12.6 Å². The van der Waals surface area contributed by atoms with E-state index in [0.717, 1.165) is 70.7 Å². The van der Waals surface area contributed by atoms with Gasteiger partial charge in [0.2, 0.25) is 5.95 Å². The number of ether oxygens (including phenoxy) is 1. The van der Waals surface area contributed by atoms with E-state index in [4.69, 9.17) is 9.73 Å². The molecule has 0 bridgehead atoms. The smallest absolute Gasteiger partial charge is 0.410 e.